The van der Waals surface area contributed by atoms with Gasteiger partial charge in [-0.15, -0.1) is 11.3 Å². The Bertz CT molecular complexity index is 474. The van der Waals surface area contributed by atoms with Crippen molar-refractivity contribution in [1.29, 1.82) is 0 Å². The van der Waals surface area contributed by atoms with Gasteiger partial charge in [0.2, 0.25) is 0 Å². The summed E-state index contributed by atoms with van der Waals surface area (Å²) >= 11 is 5.21. The van der Waals surface area contributed by atoms with Crippen LogP contribution in [0.4, 0.5) is 0 Å². The van der Waals surface area contributed by atoms with Crippen molar-refractivity contribution in [2.75, 3.05) is 13.1 Å². The van der Waals surface area contributed by atoms with E-state index in [1.807, 2.05) is 13.8 Å². The third-order valence-corrected chi connectivity index (χ3v) is 6.21. The number of hydrogen-bond acceptors (Lipinski definition) is 3. The summed E-state index contributed by atoms with van der Waals surface area (Å²) in [5.41, 5.74) is -0.581. The minimum atomic E-state index is -0.649. The molecular formula is C14H20BrNO2S. The van der Waals surface area contributed by atoms with Crippen LogP contribution in [0.1, 0.15) is 38.1 Å². The Morgan fingerprint density at radius 3 is 2.58 bits per heavy atom. The summed E-state index contributed by atoms with van der Waals surface area (Å²) in [5, 5.41) is 9.58. The van der Waals surface area contributed by atoms with Gasteiger partial charge in [0, 0.05) is 17.5 Å². The second kappa shape index (κ2) is 5.54. The Morgan fingerprint density at radius 1 is 1.47 bits per heavy atom. The molecule has 0 bridgehead atoms. The van der Waals surface area contributed by atoms with E-state index in [1.54, 1.807) is 11.3 Å². The van der Waals surface area contributed by atoms with Gasteiger partial charge in [-0.1, -0.05) is 13.8 Å². The number of carboxylic acid groups (broad SMARTS) is 1. The van der Waals surface area contributed by atoms with Crippen molar-refractivity contribution in [2.45, 2.75) is 33.2 Å². The molecule has 0 saturated carbocycles. The molecule has 2 atom stereocenters. The first-order valence-electron chi connectivity index (χ1n) is 6.59. The minimum Gasteiger partial charge on any atom is -0.481 e. The fourth-order valence-electron chi connectivity index (χ4n) is 2.82. The number of likely N-dealkylation sites (tertiary alicyclic amines) is 1. The molecule has 0 aliphatic carbocycles. The van der Waals surface area contributed by atoms with E-state index in [9.17, 15) is 9.90 Å². The summed E-state index contributed by atoms with van der Waals surface area (Å²) in [6.45, 7) is 7.71. The van der Waals surface area contributed by atoms with Gasteiger partial charge in [0.05, 0.1) is 9.20 Å². The van der Waals surface area contributed by atoms with Crippen LogP contribution >= 0.6 is 27.3 Å². The van der Waals surface area contributed by atoms with Gasteiger partial charge in [-0.05, 0) is 53.9 Å². The number of carbonyl (C=O) groups is 1. The summed E-state index contributed by atoms with van der Waals surface area (Å²) in [7, 11) is 0. The summed E-state index contributed by atoms with van der Waals surface area (Å²) in [5.74, 6) is -0.484. The van der Waals surface area contributed by atoms with E-state index in [4.69, 9.17) is 0 Å². The second-order valence-electron chi connectivity index (χ2n) is 5.65. The third kappa shape index (κ3) is 2.73. The van der Waals surface area contributed by atoms with Gasteiger partial charge in [0.25, 0.3) is 0 Å². The lowest BCUT2D eigenvalue weighted by Crippen LogP contribution is -2.39. The lowest BCUT2D eigenvalue weighted by molar-refractivity contribution is -0.151. The molecule has 2 unspecified atom stereocenters. The van der Waals surface area contributed by atoms with E-state index in [0.29, 0.717) is 6.54 Å². The van der Waals surface area contributed by atoms with Gasteiger partial charge in [-0.2, -0.15) is 0 Å². The number of aliphatic carboxylic acids is 1. The summed E-state index contributed by atoms with van der Waals surface area (Å²) in [4.78, 5) is 15.2. The van der Waals surface area contributed by atoms with Crippen LogP contribution in [0.5, 0.6) is 0 Å². The number of carboxylic acids is 1. The van der Waals surface area contributed by atoms with Crippen molar-refractivity contribution in [3.8, 4) is 0 Å². The van der Waals surface area contributed by atoms with Crippen LogP contribution < -0.4 is 0 Å². The highest BCUT2D eigenvalue weighted by Crippen LogP contribution is 2.42. The standard InChI is InChI=1S/C14H20BrNO2S/c1-9(2)14(13(17)18)6-7-16(8-14)10(3)11-4-5-12(15)19-11/h4-5,9-10H,6-8H2,1-3H3,(H,17,18). The van der Waals surface area contributed by atoms with Crippen molar-refractivity contribution in [3.05, 3.63) is 20.8 Å². The topological polar surface area (TPSA) is 40.5 Å². The molecule has 1 aliphatic heterocycles. The van der Waals surface area contributed by atoms with Crippen LogP contribution in [0.25, 0.3) is 0 Å². The molecule has 106 valence electrons. The Labute approximate surface area is 126 Å². The summed E-state index contributed by atoms with van der Waals surface area (Å²) < 4.78 is 1.13. The van der Waals surface area contributed by atoms with Crippen LogP contribution in [0.3, 0.4) is 0 Å². The maximum absolute atomic E-state index is 11.6. The van der Waals surface area contributed by atoms with Crippen molar-refractivity contribution in [2.24, 2.45) is 11.3 Å². The van der Waals surface area contributed by atoms with Crippen LogP contribution in [0.2, 0.25) is 0 Å². The van der Waals surface area contributed by atoms with Crippen molar-refractivity contribution in [1.82, 2.24) is 4.90 Å². The smallest absolute Gasteiger partial charge is 0.311 e. The van der Waals surface area contributed by atoms with Gasteiger partial charge >= 0.3 is 5.97 Å². The third-order valence-electron chi connectivity index (χ3n) is 4.41. The highest BCUT2D eigenvalue weighted by Gasteiger charge is 2.48. The molecule has 1 aromatic heterocycles. The summed E-state index contributed by atoms with van der Waals surface area (Å²) in [6.07, 6.45) is 0.747. The summed E-state index contributed by atoms with van der Waals surface area (Å²) in [6, 6.07) is 4.46. The monoisotopic (exact) mass is 345 g/mol. The number of thiophene rings is 1. The van der Waals surface area contributed by atoms with Crippen LogP contribution in [-0.2, 0) is 4.79 Å². The van der Waals surface area contributed by atoms with E-state index in [-0.39, 0.29) is 12.0 Å². The first kappa shape index (κ1) is 15.0. The fourth-order valence-corrected chi connectivity index (χ4v) is 4.33. The molecule has 1 fully saturated rings. The lowest BCUT2D eigenvalue weighted by Gasteiger charge is -2.30. The molecule has 2 heterocycles. The fraction of sp³-hybridized carbons (Fsp3) is 0.643. The van der Waals surface area contributed by atoms with Gasteiger partial charge in [0.15, 0.2) is 0 Å². The molecule has 1 aliphatic rings. The number of hydrogen-bond donors (Lipinski definition) is 1. The van der Waals surface area contributed by atoms with Gasteiger partial charge in [0.1, 0.15) is 0 Å². The number of halogens is 1. The maximum Gasteiger partial charge on any atom is 0.311 e. The van der Waals surface area contributed by atoms with E-state index in [0.717, 1.165) is 16.8 Å². The van der Waals surface area contributed by atoms with Gasteiger partial charge in [-0.25, -0.2) is 0 Å². The van der Waals surface area contributed by atoms with E-state index in [1.165, 1.54) is 4.88 Å². The highest BCUT2D eigenvalue weighted by molar-refractivity contribution is 9.11. The Hall–Kier alpha value is -0.390. The largest absolute Gasteiger partial charge is 0.481 e. The van der Waals surface area contributed by atoms with Gasteiger partial charge in [-0.3, -0.25) is 9.69 Å². The molecule has 0 spiro atoms. The van der Waals surface area contributed by atoms with Crippen LogP contribution in [-0.4, -0.2) is 29.1 Å². The first-order chi connectivity index (χ1) is 8.86. The molecular weight excluding hydrogens is 326 g/mol. The van der Waals surface area contributed by atoms with Crippen LogP contribution in [0.15, 0.2) is 15.9 Å². The molecule has 2 rings (SSSR count). The highest BCUT2D eigenvalue weighted by atomic mass is 79.9. The van der Waals surface area contributed by atoms with Crippen molar-refractivity contribution >= 4 is 33.2 Å². The average molecular weight is 346 g/mol. The van der Waals surface area contributed by atoms with Crippen molar-refractivity contribution in [3.63, 3.8) is 0 Å². The van der Waals surface area contributed by atoms with E-state index >= 15 is 0 Å². The Morgan fingerprint density at radius 2 is 2.16 bits per heavy atom. The minimum absolute atomic E-state index is 0.164. The number of rotatable bonds is 4. The molecule has 19 heavy (non-hydrogen) atoms. The predicted molar refractivity (Wildman–Crippen MR) is 81.5 cm³/mol. The molecule has 0 amide bonds. The zero-order valence-electron chi connectivity index (χ0n) is 11.5. The Kier molecular flexibility index (Phi) is 4.38. The average Bonchev–Trinajstić information content (AvgIpc) is 2.94. The normalized spacial score (nSPS) is 25.9. The molecule has 1 aromatic rings. The molecule has 0 aromatic carbocycles. The van der Waals surface area contributed by atoms with E-state index in [2.05, 4.69) is 39.9 Å². The first-order valence-corrected chi connectivity index (χ1v) is 8.20. The molecule has 5 heteroatoms. The van der Waals surface area contributed by atoms with E-state index < -0.39 is 11.4 Å². The van der Waals surface area contributed by atoms with Crippen LogP contribution in [0, 0.1) is 11.3 Å². The zero-order chi connectivity index (χ0) is 14.2. The number of nitrogens with zero attached hydrogens (tertiary/aromatic N) is 1. The molecule has 1 N–H and O–H groups in total. The van der Waals surface area contributed by atoms with Crippen molar-refractivity contribution < 1.29 is 9.90 Å². The quantitative estimate of drug-likeness (QED) is 0.896. The SMILES string of the molecule is CC(c1ccc(Br)s1)N1CCC(C(=O)O)(C(C)C)C1. The zero-order valence-corrected chi connectivity index (χ0v) is 13.9. The second-order valence-corrected chi connectivity index (χ2v) is 8.15. The maximum atomic E-state index is 11.6. The van der Waals surface area contributed by atoms with Gasteiger partial charge < -0.3 is 5.11 Å². The predicted octanol–water partition coefficient (Wildman–Crippen LogP) is 4.00. The Balaban J connectivity index is 2.15. The molecule has 0 radical (unpaired) electrons. The molecule has 1 saturated heterocycles. The molecule has 3 nitrogen and oxygen atoms in total. The lowest BCUT2D eigenvalue weighted by atomic mass is 9.76.